The van der Waals surface area contributed by atoms with E-state index in [0.29, 0.717) is 63.1 Å². The van der Waals surface area contributed by atoms with Gasteiger partial charge in [-0.25, -0.2) is 16.8 Å². The molecule has 0 atom stereocenters. The second kappa shape index (κ2) is 11.0. The molecule has 0 bridgehead atoms. The van der Waals surface area contributed by atoms with Crippen LogP contribution in [0.15, 0.2) is 52.3 Å². The summed E-state index contributed by atoms with van der Waals surface area (Å²) in [5, 5.41) is 2.79. The summed E-state index contributed by atoms with van der Waals surface area (Å²) in [5.74, 6) is -0.246. The number of anilines is 1. The second-order valence-corrected chi connectivity index (χ2v) is 12.9. The third kappa shape index (κ3) is 5.96. The number of ether oxygens (including phenoxy) is 1. The number of carbonyl (C=O) groups excluding carboxylic acids is 1. The molecule has 0 spiro atoms. The minimum Gasteiger partial charge on any atom is -0.379 e. The van der Waals surface area contributed by atoms with Gasteiger partial charge in [0, 0.05) is 45.0 Å². The van der Waals surface area contributed by atoms with Crippen LogP contribution in [-0.4, -0.2) is 95.3 Å². The van der Waals surface area contributed by atoms with Crippen molar-refractivity contribution in [3.63, 3.8) is 0 Å². The van der Waals surface area contributed by atoms with Crippen molar-refractivity contribution in [3.05, 3.63) is 53.6 Å². The maximum Gasteiger partial charge on any atom is 0.243 e. The number of amides is 1. The molecule has 2 aromatic rings. The van der Waals surface area contributed by atoms with Gasteiger partial charge in [-0.2, -0.15) is 8.61 Å². The molecule has 2 aliphatic heterocycles. The van der Waals surface area contributed by atoms with Gasteiger partial charge in [0.15, 0.2) is 0 Å². The van der Waals surface area contributed by atoms with Crippen LogP contribution in [0.4, 0.5) is 5.69 Å². The number of nitrogens with zero attached hydrogens (tertiary/aromatic N) is 3. The third-order valence-electron chi connectivity index (χ3n) is 6.39. The van der Waals surface area contributed by atoms with Gasteiger partial charge in [-0.3, -0.25) is 9.69 Å². The molecule has 36 heavy (non-hydrogen) atoms. The number of morpholine rings is 1. The Balaban J connectivity index is 1.29. The quantitative estimate of drug-likeness (QED) is 0.567. The molecule has 1 N–H and O–H groups in total. The molecule has 4 rings (SSSR count). The van der Waals surface area contributed by atoms with E-state index in [2.05, 4.69) is 5.32 Å². The van der Waals surface area contributed by atoms with Crippen LogP contribution in [0.25, 0.3) is 0 Å². The Kier molecular flexibility index (Phi) is 8.12. The Morgan fingerprint density at radius 1 is 0.833 bits per heavy atom. The fraction of sp³-hybridized carbons (Fsp3) is 0.458. The summed E-state index contributed by atoms with van der Waals surface area (Å²) in [6.07, 6.45) is 0. The highest BCUT2D eigenvalue weighted by atomic mass is 32.2. The van der Waals surface area contributed by atoms with E-state index in [4.69, 9.17) is 4.74 Å². The number of hydrogen-bond donors (Lipinski definition) is 1. The van der Waals surface area contributed by atoms with E-state index in [9.17, 15) is 21.6 Å². The Morgan fingerprint density at radius 3 is 2.06 bits per heavy atom. The molecule has 2 heterocycles. The lowest BCUT2D eigenvalue weighted by molar-refractivity contribution is -0.117. The van der Waals surface area contributed by atoms with Crippen molar-refractivity contribution in [1.29, 1.82) is 0 Å². The van der Waals surface area contributed by atoms with E-state index in [-0.39, 0.29) is 17.3 Å². The summed E-state index contributed by atoms with van der Waals surface area (Å²) in [5.41, 5.74) is 2.23. The maximum atomic E-state index is 13.1. The van der Waals surface area contributed by atoms with Crippen molar-refractivity contribution in [2.45, 2.75) is 23.6 Å². The largest absolute Gasteiger partial charge is 0.379 e. The van der Waals surface area contributed by atoms with Gasteiger partial charge in [0.1, 0.15) is 0 Å². The maximum absolute atomic E-state index is 13.1. The third-order valence-corrected chi connectivity index (χ3v) is 10.4. The smallest absolute Gasteiger partial charge is 0.243 e. The van der Waals surface area contributed by atoms with E-state index in [0.717, 1.165) is 11.1 Å². The summed E-state index contributed by atoms with van der Waals surface area (Å²) in [6.45, 7) is 6.71. The van der Waals surface area contributed by atoms with Crippen molar-refractivity contribution in [2.75, 3.05) is 64.3 Å². The van der Waals surface area contributed by atoms with Crippen LogP contribution in [0.2, 0.25) is 0 Å². The highest BCUT2D eigenvalue weighted by Gasteiger charge is 2.30. The molecular weight excluding hydrogens is 504 g/mol. The standard InChI is InChI=1S/C24H32N4O6S2/c1-19-3-8-23(20(2)17-19)36(32,33)27-11-9-26(10-12-27)18-24(29)25-21-4-6-22(7-5-21)35(30,31)28-13-15-34-16-14-28/h3-8,17H,9-16,18H2,1-2H3,(H,25,29). The second-order valence-electron chi connectivity index (χ2n) is 9.04. The van der Waals surface area contributed by atoms with Crippen LogP contribution in [-0.2, 0) is 29.6 Å². The SMILES string of the molecule is Cc1ccc(S(=O)(=O)N2CCN(CC(=O)Nc3ccc(S(=O)(=O)N4CCOCC4)cc3)CC2)c(C)c1. The Hall–Kier alpha value is -2.35. The van der Waals surface area contributed by atoms with Crippen LogP contribution in [0.3, 0.4) is 0 Å². The molecule has 12 heteroatoms. The fourth-order valence-electron chi connectivity index (χ4n) is 4.41. The van der Waals surface area contributed by atoms with Gasteiger partial charge in [-0.1, -0.05) is 17.7 Å². The molecule has 1 amide bonds. The van der Waals surface area contributed by atoms with Gasteiger partial charge in [-0.15, -0.1) is 0 Å². The lowest BCUT2D eigenvalue weighted by Gasteiger charge is -2.33. The summed E-state index contributed by atoms with van der Waals surface area (Å²) in [7, 11) is -7.18. The lowest BCUT2D eigenvalue weighted by Crippen LogP contribution is -2.50. The topological polar surface area (TPSA) is 116 Å². The molecule has 10 nitrogen and oxygen atoms in total. The normalized spacial score (nSPS) is 18.7. The van der Waals surface area contributed by atoms with Crippen molar-refractivity contribution >= 4 is 31.6 Å². The van der Waals surface area contributed by atoms with Crippen molar-refractivity contribution < 1.29 is 26.4 Å². The summed E-state index contributed by atoms with van der Waals surface area (Å²) >= 11 is 0. The van der Waals surface area contributed by atoms with Gasteiger partial charge in [0.05, 0.1) is 29.5 Å². The van der Waals surface area contributed by atoms with Gasteiger partial charge < -0.3 is 10.1 Å². The predicted molar refractivity (Wildman–Crippen MR) is 136 cm³/mol. The van der Waals surface area contributed by atoms with Gasteiger partial charge in [0.2, 0.25) is 26.0 Å². The average molecular weight is 537 g/mol. The summed E-state index contributed by atoms with van der Waals surface area (Å²) in [6, 6.07) is 11.4. The molecule has 0 radical (unpaired) electrons. The summed E-state index contributed by atoms with van der Waals surface area (Å²) in [4.78, 5) is 15.0. The Bertz CT molecular complexity index is 1300. The minimum absolute atomic E-state index is 0.116. The van der Waals surface area contributed by atoms with Crippen molar-refractivity contribution in [3.8, 4) is 0 Å². The predicted octanol–water partition coefficient (Wildman–Crippen LogP) is 1.27. The first-order valence-corrected chi connectivity index (χ1v) is 14.7. The zero-order valence-electron chi connectivity index (χ0n) is 20.5. The van der Waals surface area contributed by atoms with E-state index in [1.54, 1.807) is 31.2 Å². The van der Waals surface area contributed by atoms with Gasteiger partial charge in [0.25, 0.3) is 0 Å². The van der Waals surface area contributed by atoms with Crippen LogP contribution in [0.1, 0.15) is 11.1 Å². The molecule has 2 saturated heterocycles. The number of nitrogens with one attached hydrogen (secondary N) is 1. The molecule has 196 valence electrons. The molecule has 2 fully saturated rings. The first-order valence-electron chi connectivity index (χ1n) is 11.8. The van der Waals surface area contributed by atoms with Crippen molar-refractivity contribution in [1.82, 2.24) is 13.5 Å². The van der Waals surface area contributed by atoms with E-state index in [1.165, 1.54) is 20.7 Å². The first-order chi connectivity index (χ1) is 17.1. The average Bonchev–Trinajstić information content (AvgIpc) is 2.85. The lowest BCUT2D eigenvalue weighted by atomic mass is 10.2. The number of hydrogen-bond acceptors (Lipinski definition) is 7. The Morgan fingerprint density at radius 2 is 1.44 bits per heavy atom. The van der Waals surface area contributed by atoms with Gasteiger partial charge in [-0.05, 0) is 49.7 Å². The molecule has 0 unspecified atom stereocenters. The molecule has 2 aromatic carbocycles. The van der Waals surface area contributed by atoms with Crippen LogP contribution in [0.5, 0.6) is 0 Å². The highest BCUT2D eigenvalue weighted by Crippen LogP contribution is 2.23. The number of aryl methyl sites for hydroxylation is 2. The van der Waals surface area contributed by atoms with Gasteiger partial charge >= 0.3 is 0 Å². The number of piperazine rings is 1. The first kappa shape index (κ1) is 26.7. The van der Waals surface area contributed by atoms with Crippen LogP contribution < -0.4 is 5.32 Å². The minimum atomic E-state index is -3.59. The summed E-state index contributed by atoms with van der Waals surface area (Å²) < 4.78 is 59.7. The molecule has 0 aromatic heterocycles. The monoisotopic (exact) mass is 536 g/mol. The van der Waals surface area contributed by atoms with Crippen LogP contribution in [0, 0.1) is 13.8 Å². The molecular formula is C24H32N4O6S2. The Labute approximate surface area is 212 Å². The van der Waals surface area contributed by atoms with E-state index in [1.807, 2.05) is 17.9 Å². The number of rotatable bonds is 7. The molecule has 2 aliphatic rings. The molecule has 0 aliphatic carbocycles. The van der Waals surface area contributed by atoms with E-state index >= 15 is 0 Å². The van der Waals surface area contributed by atoms with Crippen molar-refractivity contribution in [2.24, 2.45) is 0 Å². The zero-order chi connectivity index (χ0) is 25.9. The fourth-order valence-corrected chi connectivity index (χ4v) is 7.44. The number of sulfonamides is 2. The molecule has 0 saturated carbocycles. The highest BCUT2D eigenvalue weighted by molar-refractivity contribution is 7.89. The zero-order valence-corrected chi connectivity index (χ0v) is 22.1. The van der Waals surface area contributed by atoms with Crippen LogP contribution >= 0.6 is 0 Å². The number of carbonyl (C=O) groups is 1. The van der Waals surface area contributed by atoms with E-state index < -0.39 is 20.0 Å². The number of benzene rings is 2.